The Morgan fingerprint density at radius 2 is 1.92 bits per heavy atom. The number of fused-ring (bicyclic) bond motifs is 4. The number of H-pyrrole nitrogens is 1. The predicted octanol–water partition coefficient (Wildman–Crippen LogP) is 2.51. The molecule has 3 aliphatic rings. The summed E-state index contributed by atoms with van der Waals surface area (Å²) in [6.07, 6.45) is 6.24. The summed E-state index contributed by atoms with van der Waals surface area (Å²) >= 11 is 0. The van der Waals surface area contributed by atoms with Crippen LogP contribution in [0, 0.1) is 23.7 Å². The lowest BCUT2D eigenvalue weighted by atomic mass is 9.77. The number of carbonyl (C=O) groups is 3. The second-order valence-corrected chi connectivity index (χ2v) is 11.9. The molecule has 0 aliphatic carbocycles. The van der Waals surface area contributed by atoms with E-state index in [0.717, 1.165) is 32.1 Å². The monoisotopic (exact) mass is 513 g/mol. The molecular formula is C28H43N5O4. The average molecular weight is 514 g/mol. The normalized spacial score (nSPS) is 29.6. The van der Waals surface area contributed by atoms with Crippen LogP contribution in [0.4, 0.5) is 0 Å². The summed E-state index contributed by atoms with van der Waals surface area (Å²) in [6.45, 7) is 8.46. The summed E-state index contributed by atoms with van der Waals surface area (Å²) in [5.74, 6) is 1.59. The van der Waals surface area contributed by atoms with Crippen LogP contribution in [0.5, 0.6) is 0 Å². The zero-order chi connectivity index (χ0) is 26.5. The lowest BCUT2D eigenvalue weighted by Gasteiger charge is -2.51. The molecule has 2 bridgehead atoms. The van der Waals surface area contributed by atoms with E-state index in [0.29, 0.717) is 56.9 Å². The van der Waals surface area contributed by atoms with Crippen LogP contribution in [-0.4, -0.2) is 69.4 Å². The smallest absolute Gasteiger partial charge is 0.264 e. The number of rotatable bonds is 4. The van der Waals surface area contributed by atoms with Gasteiger partial charge in [-0.3, -0.25) is 19.2 Å². The molecular weight excluding hydrogens is 470 g/mol. The Kier molecular flexibility index (Phi) is 9.03. The molecule has 1 aromatic heterocycles. The Balaban J connectivity index is 1.43. The summed E-state index contributed by atoms with van der Waals surface area (Å²) in [6, 6.07) is 3.31. The molecule has 2 N–H and O–H groups in total. The van der Waals surface area contributed by atoms with E-state index >= 15 is 0 Å². The molecule has 4 heterocycles. The van der Waals surface area contributed by atoms with Crippen molar-refractivity contribution in [3.63, 3.8) is 0 Å². The third kappa shape index (κ3) is 7.20. The molecule has 0 radical (unpaired) electrons. The first kappa shape index (κ1) is 27.3. The van der Waals surface area contributed by atoms with Gasteiger partial charge in [-0.25, -0.2) is 5.10 Å². The van der Waals surface area contributed by atoms with E-state index in [1.54, 1.807) is 6.07 Å². The Hall–Kier alpha value is -2.71. The summed E-state index contributed by atoms with van der Waals surface area (Å²) in [5, 5.41) is 9.67. The molecule has 5 atom stereocenters. The van der Waals surface area contributed by atoms with Gasteiger partial charge in [0.25, 0.3) is 5.56 Å². The molecule has 3 saturated heterocycles. The van der Waals surface area contributed by atoms with Gasteiger partial charge in [-0.05, 0) is 61.8 Å². The highest BCUT2D eigenvalue weighted by atomic mass is 16.2. The second-order valence-electron chi connectivity index (χ2n) is 11.9. The molecule has 3 aliphatic heterocycles. The van der Waals surface area contributed by atoms with E-state index in [2.05, 4.69) is 41.2 Å². The van der Waals surface area contributed by atoms with Gasteiger partial charge in [0, 0.05) is 63.5 Å². The lowest BCUT2D eigenvalue weighted by Crippen LogP contribution is -2.60. The van der Waals surface area contributed by atoms with Crippen LogP contribution in [0.25, 0.3) is 0 Å². The van der Waals surface area contributed by atoms with E-state index < -0.39 is 0 Å². The van der Waals surface area contributed by atoms with E-state index in [-0.39, 0.29) is 53.1 Å². The minimum Gasteiger partial charge on any atom is -0.353 e. The van der Waals surface area contributed by atoms with Crippen LogP contribution in [0.3, 0.4) is 0 Å². The fraction of sp³-hybridized carbons (Fsp3) is 0.750. The average Bonchev–Trinajstić information content (AvgIpc) is 2.87. The van der Waals surface area contributed by atoms with Crippen LogP contribution in [0.1, 0.15) is 77.8 Å². The molecule has 37 heavy (non-hydrogen) atoms. The van der Waals surface area contributed by atoms with Gasteiger partial charge in [0.15, 0.2) is 0 Å². The third-order valence-corrected chi connectivity index (χ3v) is 8.52. The standard InChI is InChI=1S/C28H43N5O4/c1-18(2)23-10-7-19(3)13-28(37)33-16-20-14-21(24(33)5-4-6-25(34)29-23)17-32(15-20)27(36)12-9-22-8-11-26(35)31-30-22/h8,11,18-21,23-24H,4-7,9-10,12-17H2,1-3H3,(H,29,34)(H,31,35)/t19-,20+,21+,23+,24+/m1/s1. The number of hydrogen-bond donors (Lipinski definition) is 2. The molecule has 1 aromatic rings. The van der Waals surface area contributed by atoms with E-state index in [1.807, 2.05) is 4.90 Å². The van der Waals surface area contributed by atoms with E-state index in [4.69, 9.17) is 0 Å². The van der Waals surface area contributed by atoms with Crippen molar-refractivity contribution >= 4 is 17.7 Å². The van der Waals surface area contributed by atoms with Gasteiger partial charge < -0.3 is 15.1 Å². The van der Waals surface area contributed by atoms with Gasteiger partial charge in [-0.15, -0.1) is 0 Å². The van der Waals surface area contributed by atoms with Crippen molar-refractivity contribution < 1.29 is 14.4 Å². The number of likely N-dealkylation sites (tertiary alicyclic amines) is 1. The van der Waals surface area contributed by atoms with Crippen molar-refractivity contribution in [3.8, 4) is 0 Å². The van der Waals surface area contributed by atoms with Gasteiger partial charge in [0.05, 0.1) is 5.69 Å². The Morgan fingerprint density at radius 1 is 1.11 bits per heavy atom. The van der Waals surface area contributed by atoms with Gasteiger partial charge in [-0.1, -0.05) is 20.8 Å². The minimum absolute atomic E-state index is 0.0712. The SMILES string of the molecule is CC(C)[C@@H]1CC[C@@H](C)CC(=O)N2C[C@H]3C[C@@H](CN(C(=O)CCc4ccc(=O)[nH]n4)C3)[C@@H]2CCCC(=O)N1. The summed E-state index contributed by atoms with van der Waals surface area (Å²) < 4.78 is 0. The second kappa shape index (κ2) is 12.2. The number of aryl methyl sites for hydroxylation is 1. The number of nitrogens with zero attached hydrogens (tertiary/aromatic N) is 3. The summed E-state index contributed by atoms with van der Waals surface area (Å²) in [7, 11) is 0. The van der Waals surface area contributed by atoms with Gasteiger partial charge >= 0.3 is 0 Å². The number of piperidine rings is 2. The maximum Gasteiger partial charge on any atom is 0.264 e. The van der Waals surface area contributed by atoms with Crippen molar-refractivity contribution in [2.75, 3.05) is 19.6 Å². The summed E-state index contributed by atoms with van der Waals surface area (Å²) in [4.78, 5) is 54.6. The zero-order valence-electron chi connectivity index (χ0n) is 22.6. The van der Waals surface area contributed by atoms with Gasteiger partial charge in [-0.2, -0.15) is 5.10 Å². The predicted molar refractivity (Wildman–Crippen MR) is 140 cm³/mol. The number of aromatic nitrogens is 2. The van der Waals surface area contributed by atoms with Crippen molar-refractivity contribution in [1.82, 2.24) is 25.3 Å². The zero-order valence-corrected chi connectivity index (χ0v) is 22.6. The van der Waals surface area contributed by atoms with Gasteiger partial charge in [0.2, 0.25) is 17.7 Å². The largest absolute Gasteiger partial charge is 0.353 e. The number of nitrogens with one attached hydrogen (secondary N) is 2. The van der Waals surface area contributed by atoms with Crippen molar-refractivity contribution in [2.24, 2.45) is 23.7 Å². The maximum absolute atomic E-state index is 13.5. The third-order valence-electron chi connectivity index (χ3n) is 8.52. The first-order chi connectivity index (χ1) is 17.7. The maximum atomic E-state index is 13.5. The number of aromatic amines is 1. The quantitative estimate of drug-likeness (QED) is 0.642. The number of carbonyl (C=O) groups excluding carboxylic acids is 3. The molecule has 204 valence electrons. The first-order valence-electron chi connectivity index (χ1n) is 14.1. The van der Waals surface area contributed by atoms with Gasteiger partial charge in [0.1, 0.15) is 0 Å². The molecule has 9 heteroatoms. The molecule has 0 spiro atoms. The molecule has 9 nitrogen and oxygen atoms in total. The summed E-state index contributed by atoms with van der Waals surface area (Å²) in [5.41, 5.74) is 0.446. The molecule has 3 amide bonds. The topological polar surface area (TPSA) is 115 Å². The first-order valence-corrected chi connectivity index (χ1v) is 14.1. The highest BCUT2D eigenvalue weighted by Crippen LogP contribution is 2.36. The number of amides is 3. The fourth-order valence-electron chi connectivity index (χ4n) is 6.42. The van der Waals surface area contributed by atoms with Crippen LogP contribution in [-0.2, 0) is 20.8 Å². The highest BCUT2D eigenvalue weighted by Gasteiger charge is 2.43. The molecule has 3 fully saturated rings. The number of hydrogen-bond acceptors (Lipinski definition) is 5. The van der Waals surface area contributed by atoms with E-state index in [9.17, 15) is 19.2 Å². The van der Waals surface area contributed by atoms with Crippen molar-refractivity contribution in [3.05, 3.63) is 28.2 Å². The van der Waals surface area contributed by atoms with Crippen molar-refractivity contribution in [2.45, 2.75) is 90.6 Å². The Bertz CT molecular complexity index is 1000. The molecule has 0 aromatic carbocycles. The Labute approximate surface area is 219 Å². The fourth-order valence-corrected chi connectivity index (χ4v) is 6.42. The lowest BCUT2D eigenvalue weighted by molar-refractivity contribution is -0.146. The van der Waals surface area contributed by atoms with Crippen LogP contribution in [0.15, 0.2) is 16.9 Å². The molecule has 0 unspecified atom stereocenters. The van der Waals surface area contributed by atoms with Crippen LogP contribution < -0.4 is 10.9 Å². The molecule has 4 rings (SSSR count). The van der Waals surface area contributed by atoms with Crippen LogP contribution >= 0.6 is 0 Å². The molecule has 0 saturated carbocycles. The van der Waals surface area contributed by atoms with Crippen molar-refractivity contribution in [1.29, 1.82) is 0 Å². The minimum atomic E-state index is -0.252. The van der Waals surface area contributed by atoms with E-state index in [1.165, 1.54) is 6.07 Å². The van der Waals surface area contributed by atoms with Crippen LogP contribution in [0.2, 0.25) is 0 Å². The highest BCUT2D eigenvalue weighted by molar-refractivity contribution is 5.78. The Morgan fingerprint density at radius 3 is 2.65 bits per heavy atom.